The van der Waals surface area contributed by atoms with Gasteiger partial charge in [-0.2, -0.15) is 0 Å². The SMILES string of the molecule is CCNC(=O)CN(CC)CC(=O)Nc1cc(-c2ccccc2)sc1C(=O)OCC. The number of nitrogens with zero attached hydrogens (tertiary/aromatic N) is 1. The van der Waals surface area contributed by atoms with Crippen LogP contribution in [0.5, 0.6) is 0 Å². The van der Waals surface area contributed by atoms with Crippen molar-refractivity contribution in [3.63, 3.8) is 0 Å². The normalized spacial score (nSPS) is 10.6. The lowest BCUT2D eigenvalue weighted by Gasteiger charge is -2.19. The molecule has 1 heterocycles. The third kappa shape index (κ3) is 6.69. The maximum atomic E-state index is 12.6. The molecule has 7 nitrogen and oxygen atoms in total. The van der Waals surface area contributed by atoms with Gasteiger partial charge < -0.3 is 15.4 Å². The molecule has 1 aromatic carbocycles. The van der Waals surface area contributed by atoms with Crippen LogP contribution in [0.25, 0.3) is 10.4 Å². The van der Waals surface area contributed by atoms with Crippen LogP contribution >= 0.6 is 11.3 Å². The highest BCUT2D eigenvalue weighted by atomic mass is 32.1. The molecule has 1 aromatic heterocycles. The van der Waals surface area contributed by atoms with Gasteiger partial charge in [-0.3, -0.25) is 14.5 Å². The van der Waals surface area contributed by atoms with Crippen molar-refractivity contribution in [2.75, 3.05) is 38.1 Å². The molecule has 0 atom stereocenters. The zero-order valence-corrected chi connectivity index (χ0v) is 17.8. The average Bonchev–Trinajstić information content (AvgIpc) is 3.12. The van der Waals surface area contributed by atoms with E-state index >= 15 is 0 Å². The fourth-order valence-corrected chi connectivity index (χ4v) is 3.72. The lowest BCUT2D eigenvalue weighted by Crippen LogP contribution is -2.41. The van der Waals surface area contributed by atoms with Crippen LogP contribution in [-0.2, 0) is 14.3 Å². The van der Waals surface area contributed by atoms with Crippen LogP contribution < -0.4 is 10.6 Å². The quantitative estimate of drug-likeness (QED) is 0.580. The number of carbonyl (C=O) groups is 3. The van der Waals surface area contributed by atoms with Gasteiger partial charge in [0.2, 0.25) is 11.8 Å². The number of anilines is 1. The van der Waals surface area contributed by atoms with Crippen LogP contribution in [0.4, 0.5) is 5.69 Å². The molecule has 0 bridgehead atoms. The summed E-state index contributed by atoms with van der Waals surface area (Å²) >= 11 is 1.28. The van der Waals surface area contributed by atoms with Gasteiger partial charge in [0, 0.05) is 11.4 Å². The van der Waals surface area contributed by atoms with E-state index in [4.69, 9.17) is 4.74 Å². The number of benzene rings is 1. The summed E-state index contributed by atoms with van der Waals surface area (Å²) in [7, 11) is 0. The molecular weight excluding hydrogens is 390 g/mol. The smallest absolute Gasteiger partial charge is 0.350 e. The predicted molar refractivity (Wildman–Crippen MR) is 115 cm³/mol. The van der Waals surface area contributed by atoms with Gasteiger partial charge in [-0.05, 0) is 32.0 Å². The molecule has 0 aliphatic carbocycles. The van der Waals surface area contributed by atoms with Crippen molar-refractivity contribution < 1.29 is 19.1 Å². The van der Waals surface area contributed by atoms with Crippen molar-refractivity contribution in [2.45, 2.75) is 20.8 Å². The minimum absolute atomic E-state index is 0.0480. The van der Waals surface area contributed by atoms with Gasteiger partial charge in [-0.25, -0.2) is 4.79 Å². The number of amides is 2. The molecule has 2 aromatic rings. The summed E-state index contributed by atoms with van der Waals surface area (Å²) in [5.74, 6) is -0.889. The first kappa shape index (κ1) is 22.6. The summed E-state index contributed by atoms with van der Waals surface area (Å²) in [6, 6.07) is 11.4. The number of hydrogen-bond acceptors (Lipinski definition) is 6. The first-order chi connectivity index (χ1) is 14.0. The van der Waals surface area contributed by atoms with Gasteiger partial charge in [-0.15, -0.1) is 11.3 Å². The molecule has 0 saturated carbocycles. The van der Waals surface area contributed by atoms with Crippen LogP contribution in [-0.4, -0.2) is 55.5 Å². The van der Waals surface area contributed by atoms with Gasteiger partial charge in [0.1, 0.15) is 4.88 Å². The highest BCUT2D eigenvalue weighted by molar-refractivity contribution is 7.18. The highest BCUT2D eigenvalue weighted by Crippen LogP contribution is 2.35. The van der Waals surface area contributed by atoms with Crippen molar-refractivity contribution in [3.05, 3.63) is 41.3 Å². The second-order valence-electron chi connectivity index (χ2n) is 6.24. The molecule has 0 radical (unpaired) electrons. The van der Waals surface area contributed by atoms with Crippen LogP contribution in [0.2, 0.25) is 0 Å². The van der Waals surface area contributed by atoms with E-state index in [0.717, 1.165) is 10.4 Å². The van der Waals surface area contributed by atoms with Crippen molar-refractivity contribution >= 4 is 34.8 Å². The van der Waals surface area contributed by atoms with Crippen LogP contribution in [0.15, 0.2) is 36.4 Å². The fraction of sp³-hybridized carbons (Fsp3) is 0.381. The van der Waals surface area contributed by atoms with E-state index in [1.54, 1.807) is 17.9 Å². The summed E-state index contributed by atoms with van der Waals surface area (Å²) in [5, 5.41) is 5.53. The molecular formula is C21H27N3O4S. The Labute approximate surface area is 175 Å². The molecule has 2 amide bonds. The van der Waals surface area contributed by atoms with Gasteiger partial charge in [0.15, 0.2) is 0 Å². The van der Waals surface area contributed by atoms with E-state index in [1.165, 1.54) is 11.3 Å². The Bertz CT molecular complexity index is 836. The Hall–Kier alpha value is -2.71. The summed E-state index contributed by atoms with van der Waals surface area (Å²) < 4.78 is 5.14. The number of nitrogens with one attached hydrogen (secondary N) is 2. The number of carbonyl (C=O) groups excluding carboxylic acids is 3. The van der Waals surface area contributed by atoms with E-state index in [9.17, 15) is 14.4 Å². The van der Waals surface area contributed by atoms with Gasteiger partial charge in [-0.1, -0.05) is 37.3 Å². The number of hydrogen-bond donors (Lipinski definition) is 2. The first-order valence-corrected chi connectivity index (χ1v) is 10.4. The van der Waals surface area contributed by atoms with Gasteiger partial charge in [0.25, 0.3) is 0 Å². The summed E-state index contributed by atoms with van der Waals surface area (Å²) in [5.41, 5.74) is 1.38. The predicted octanol–water partition coefficient (Wildman–Crippen LogP) is 2.99. The standard InChI is InChI=1S/C21H27N3O4S/c1-4-22-18(25)13-24(5-2)14-19(26)23-16-12-17(15-10-8-7-9-11-15)29-20(16)21(27)28-6-3/h7-12H,4-6,13-14H2,1-3H3,(H,22,25)(H,23,26). The molecule has 0 fully saturated rings. The number of ether oxygens (including phenoxy) is 1. The van der Waals surface area contributed by atoms with Crippen LogP contribution in [0.1, 0.15) is 30.4 Å². The third-order valence-corrected chi connectivity index (χ3v) is 5.25. The van der Waals surface area contributed by atoms with Crippen molar-refractivity contribution in [3.8, 4) is 10.4 Å². The summed E-state index contributed by atoms with van der Waals surface area (Å²) in [4.78, 5) is 39.7. The van der Waals surface area contributed by atoms with Crippen molar-refractivity contribution in [1.29, 1.82) is 0 Å². The topological polar surface area (TPSA) is 87.7 Å². The Kier molecular flexibility index (Phi) is 8.82. The van der Waals surface area contributed by atoms with Crippen molar-refractivity contribution in [2.24, 2.45) is 0 Å². The second kappa shape index (κ2) is 11.3. The van der Waals surface area contributed by atoms with Gasteiger partial charge in [0.05, 0.1) is 25.4 Å². The molecule has 2 N–H and O–H groups in total. The minimum atomic E-state index is -0.468. The van der Waals surface area contributed by atoms with E-state index < -0.39 is 5.97 Å². The Morgan fingerprint density at radius 2 is 1.72 bits per heavy atom. The molecule has 0 aliphatic rings. The Balaban J connectivity index is 2.17. The minimum Gasteiger partial charge on any atom is -0.462 e. The molecule has 0 aliphatic heterocycles. The molecule has 29 heavy (non-hydrogen) atoms. The molecule has 0 unspecified atom stereocenters. The first-order valence-electron chi connectivity index (χ1n) is 9.63. The molecule has 156 valence electrons. The maximum absolute atomic E-state index is 12.6. The molecule has 0 saturated heterocycles. The zero-order chi connectivity index (χ0) is 21.2. The second-order valence-corrected chi connectivity index (χ2v) is 7.30. The monoisotopic (exact) mass is 417 g/mol. The summed E-state index contributed by atoms with van der Waals surface area (Å²) in [6.45, 7) is 7.00. The van der Waals surface area contributed by atoms with Crippen LogP contribution in [0, 0.1) is 0 Å². The molecule has 8 heteroatoms. The van der Waals surface area contributed by atoms with E-state index in [0.29, 0.717) is 23.7 Å². The fourth-order valence-electron chi connectivity index (χ4n) is 2.71. The highest BCUT2D eigenvalue weighted by Gasteiger charge is 2.21. The lowest BCUT2D eigenvalue weighted by molar-refractivity contribution is -0.123. The Morgan fingerprint density at radius 1 is 1.03 bits per heavy atom. The summed E-state index contributed by atoms with van der Waals surface area (Å²) in [6.07, 6.45) is 0. The van der Waals surface area contributed by atoms with Crippen molar-refractivity contribution in [1.82, 2.24) is 10.2 Å². The Morgan fingerprint density at radius 3 is 2.34 bits per heavy atom. The molecule has 2 rings (SSSR count). The number of likely N-dealkylation sites (N-methyl/N-ethyl adjacent to an activating group) is 2. The third-order valence-electron chi connectivity index (χ3n) is 4.08. The van der Waals surface area contributed by atoms with Crippen LogP contribution in [0.3, 0.4) is 0 Å². The zero-order valence-electron chi connectivity index (χ0n) is 17.0. The number of thiophene rings is 1. The lowest BCUT2D eigenvalue weighted by atomic mass is 10.2. The molecule has 0 spiro atoms. The maximum Gasteiger partial charge on any atom is 0.350 e. The largest absolute Gasteiger partial charge is 0.462 e. The average molecular weight is 418 g/mol. The number of rotatable bonds is 10. The van der Waals surface area contributed by atoms with E-state index in [-0.39, 0.29) is 31.5 Å². The number of esters is 1. The van der Waals surface area contributed by atoms with E-state index in [2.05, 4.69) is 10.6 Å². The van der Waals surface area contributed by atoms with E-state index in [1.807, 2.05) is 44.2 Å². The van der Waals surface area contributed by atoms with Gasteiger partial charge >= 0.3 is 5.97 Å².